The molecule has 0 bridgehead atoms. The summed E-state index contributed by atoms with van der Waals surface area (Å²) < 4.78 is 50.7. The monoisotopic (exact) mass is 801 g/mol. The summed E-state index contributed by atoms with van der Waals surface area (Å²) in [5, 5.41) is -0.137. The minimum atomic E-state index is -2.44. The third kappa shape index (κ3) is 7.85. The van der Waals surface area contributed by atoms with Crippen LogP contribution in [0.4, 0.5) is 4.79 Å². The van der Waals surface area contributed by atoms with Crippen LogP contribution in [0, 0.1) is 0 Å². The Kier molecular flexibility index (Phi) is 11.5. The number of ether oxygens (including phenoxy) is 5. The maximum absolute atomic E-state index is 14.2. The summed E-state index contributed by atoms with van der Waals surface area (Å²) in [4.78, 5) is 29.6. The van der Waals surface area contributed by atoms with Crippen LogP contribution in [-0.2, 0) is 51.2 Å². The third-order valence-electron chi connectivity index (χ3n) is 12.8. The van der Waals surface area contributed by atoms with Crippen LogP contribution < -0.4 is 14.9 Å². The van der Waals surface area contributed by atoms with Crippen molar-refractivity contribution in [1.82, 2.24) is 4.90 Å². The first-order valence-corrected chi connectivity index (χ1v) is 22.7. The zero-order chi connectivity index (χ0) is 41.8. The van der Waals surface area contributed by atoms with Gasteiger partial charge in [-0.15, -0.1) is 0 Å². The van der Waals surface area contributed by atoms with Crippen LogP contribution in [0.2, 0.25) is 18.1 Å². The second-order valence-electron chi connectivity index (χ2n) is 18.4. The Morgan fingerprint density at radius 2 is 1.54 bits per heavy atom. The van der Waals surface area contributed by atoms with Gasteiger partial charge in [-0.25, -0.2) is 9.59 Å². The Labute approximate surface area is 339 Å². The number of benzene rings is 3. The van der Waals surface area contributed by atoms with E-state index in [0.29, 0.717) is 35.6 Å². The van der Waals surface area contributed by atoms with Gasteiger partial charge in [0.1, 0.15) is 23.8 Å². The lowest BCUT2D eigenvalue weighted by Gasteiger charge is -2.41. The predicted molar refractivity (Wildman–Crippen MR) is 222 cm³/mol. The molecule has 3 heterocycles. The number of rotatable bonds is 11. The fourth-order valence-electron chi connectivity index (χ4n) is 7.63. The van der Waals surface area contributed by atoms with E-state index in [2.05, 4.69) is 33.9 Å². The van der Waals surface area contributed by atoms with Crippen LogP contribution in [0.3, 0.4) is 0 Å². The SMILES string of the molecule is COC(=O)[C@H]1Oc2c(B3OC(C)(C)C(C)(C)O3)cccc2[C@@]1(CO[Si](C)(C)C(C)(C)C)c1cc(C[C@H]2COC(C)(C)N2C(=O)OCc2ccccc2)ccc1OC. The Morgan fingerprint density at radius 3 is 2.16 bits per heavy atom. The van der Waals surface area contributed by atoms with Gasteiger partial charge in [0.2, 0.25) is 6.10 Å². The van der Waals surface area contributed by atoms with E-state index < -0.39 is 55.9 Å². The molecule has 0 aromatic heterocycles. The average molecular weight is 802 g/mol. The summed E-state index contributed by atoms with van der Waals surface area (Å²) in [6.07, 6.45) is -1.18. The van der Waals surface area contributed by atoms with Crippen LogP contribution in [0.5, 0.6) is 11.5 Å². The highest BCUT2D eigenvalue weighted by Gasteiger charge is 2.60. The van der Waals surface area contributed by atoms with Gasteiger partial charge in [-0.1, -0.05) is 81.4 Å². The molecule has 0 spiro atoms. The van der Waals surface area contributed by atoms with E-state index in [1.54, 1.807) is 12.0 Å². The summed E-state index contributed by atoms with van der Waals surface area (Å²) in [5.41, 5.74) is 0.522. The van der Waals surface area contributed by atoms with Gasteiger partial charge in [0.05, 0.1) is 50.1 Å². The molecule has 3 aliphatic heterocycles. The Morgan fingerprint density at radius 1 is 0.877 bits per heavy atom. The van der Waals surface area contributed by atoms with Gasteiger partial charge < -0.3 is 37.4 Å². The molecule has 0 unspecified atom stereocenters. The van der Waals surface area contributed by atoms with Crippen molar-refractivity contribution >= 4 is 33.0 Å². The maximum atomic E-state index is 14.2. The number of para-hydroxylation sites is 1. The highest BCUT2D eigenvalue weighted by Crippen LogP contribution is 2.52. The van der Waals surface area contributed by atoms with E-state index in [1.807, 2.05) is 108 Å². The van der Waals surface area contributed by atoms with Crippen molar-refractivity contribution in [2.24, 2.45) is 0 Å². The van der Waals surface area contributed by atoms with Crippen molar-refractivity contribution in [2.45, 2.75) is 128 Å². The van der Waals surface area contributed by atoms with Gasteiger partial charge in [0.25, 0.3) is 0 Å². The molecule has 0 radical (unpaired) electrons. The Hall–Kier alpha value is -3.88. The molecule has 308 valence electrons. The Bertz CT molecular complexity index is 1950. The Balaban J connectivity index is 1.47. The molecule has 1 amide bonds. The minimum Gasteiger partial charge on any atom is -0.496 e. The molecular formula is C44H60BNO10Si. The molecule has 57 heavy (non-hydrogen) atoms. The van der Waals surface area contributed by atoms with Crippen LogP contribution in [0.1, 0.15) is 84.6 Å². The highest BCUT2D eigenvalue weighted by molar-refractivity contribution is 6.74. The zero-order valence-corrected chi connectivity index (χ0v) is 36.9. The zero-order valence-electron chi connectivity index (χ0n) is 35.9. The summed E-state index contributed by atoms with van der Waals surface area (Å²) in [5.74, 6) is 0.470. The molecule has 3 aromatic carbocycles. The summed E-state index contributed by atoms with van der Waals surface area (Å²) in [7, 11) is -0.217. The first kappa shape index (κ1) is 42.7. The van der Waals surface area contributed by atoms with Crippen LogP contribution >= 0.6 is 0 Å². The number of fused-ring (bicyclic) bond motifs is 1. The number of methoxy groups -OCH3 is 2. The second-order valence-corrected chi connectivity index (χ2v) is 23.2. The van der Waals surface area contributed by atoms with Gasteiger partial charge in [-0.2, -0.15) is 0 Å². The molecule has 11 nitrogen and oxygen atoms in total. The number of carbonyl (C=O) groups excluding carboxylic acids is 2. The van der Waals surface area contributed by atoms with Crippen molar-refractivity contribution < 1.29 is 47.0 Å². The van der Waals surface area contributed by atoms with E-state index in [0.717, 1.165) is 16.7 Å². The summed E-state index contributed by atoms with van der Waals surface area (Å²) in [6.45, 7) is 23.2. The third-order valence-corrected chi connectivity index (χ3v) is 17.3. The summed E-state index contributed by atoms with van der Waals surface area (Å²) in [6, 6.07) is 21.0. The van der Waals surface area contributed by atoms with Gasteiger partial charge in [-0.3, -0.25) is 4.90 Å². The molecule has 3 atom stereocenters. The van der Waals surface area contributed by atoms with Crippen molar-refractivity contribution in [1.29, 1.82) is 0 Å². The molecule has 0 saturated carbocycles. The van der Waals surface area contributed by atoms with Crippen molar-refractivity contribution in [3.8, 4) is 11.5 Å². The first-order chi connectivity index (χ1) is 26.6. The number of carbonyl (C=O) groups is 2. The lowest BCUT2D eigenvalue weighted by molar-refractivity contribution is -0.151. The lowest BCUT2D eigenvalue weighted by atomic mass is 9.68. The van der Waals surface area contributed by atoms with E-state index >= 15 is 0 Å². The molecule has 13 heteroatoms. The second kappa shape index (κ2) is 15.4. The minimum absolute atomic E-state index is 0.0976. The standard InChI is InChI=1S/C44H60BNO10Si/c1-40(2,3)57(12,13)53-28-44(32-20-17-21-34(36(32)54-37(44)38(47)50-11)45-55-41(4,5)42(6,7)56-45)33-25-30(22-23-35(33)49-10)24-31-27-52-43(8,9)46(31)39(48)51-26-29-18-15-14-16-19-29/h14-23,25,31,37H,24,26-28H2,1-13H3/t31-,37+,44-/m0/s1. The van der Waals surface area contributed by atoms with Gasteiger partial charge in [-0.05, 0) is 83.3 Å². The van der Waals surface area contributed by atoms with E-state index in [-0.39, 0.29) is 24.3 Å². The van der Waals surface area contributed by atoms with Gasteiger partial charge in [0, 0.05) is 16.6 Å². The predicted octanol–water partition coefficient (Wildman–Crippen LogP) is 7.55. The quantitative estimate of drug-likeness (QED) is 0.142. The number of hydrogen-bond donors (Lipinski definition) is 0. The van der Waals surface area contributed by atoms with E-state index in [4.69, 9.17) is 37.4 Å². The topological polar surface area (TPSA) is 111 Å². The molecule has 6 rings (SSSR count). The normalized spacial score (nSPS) is 23.5. The van der Waals surface area contributed by atoms with E-state index in [9.17, 15) is 9.59 Å². The van der Waals surface area contributed by atoms with Gasteiger partial charge >= 0.3 is 19.2 Å². The fourth-order valence-corrected chi connectivity index (χ4v) is 8.65. The maximum Gasteiger partial charge on any atom is 0.498 e. The summed E-state index contributed by atoms with van der Waals surface area (Å²) >= 11 is 0. The number of esters is 1. The van der Waals surface area contributed by atoms with Crippen molar-refractivity contribution in [3.63, 3.8) is 0 Å². The fraction of sp³-hybridized carbons (Fsp3) is 0.545. The first-order valence-electron chi connectivity index (χ1n) is 19.8. The highest BCUT2D eigenvalue weighted by atomic mass is 28.4. The van der Waals surface area contributed by atoms with Gasteiger partial charge in [0.15, 0.2) is 8.32 Å². The number of nitrogens with zero attached hydrogens (tertiary/aromatic N) is 1. The van der Waals surface area contributed by atoms with E-state index in [1.165, 1.54) is 7.11 Å². The van der Waals surface area contributed by atoms with Crippen LogP contribution in [0.25, 0.3) is 0 Å². The number of amides is 1. The van der Waals surface area contributed by atoms with Crippen LogP contribution in [0.15, 0.2) is 66.7 Å². The smallest absolute Gasteiger partial charge is 0.496 e. The molecule has 2 fully saturated rings. The molecule has 3 aromatic rings. The molecule has 0 N–H and O–H groups in total. The van der Waals surface area contributed by atoms with Crippen molar-refractivity contribution in [2.75, 3.05) is 27.4 Å². The number of hydrogen-bond acceptors (Lipinski definition) is 10. The molecule has 3 aliphatic rings. The average Bonchev–Trinajstić information content (AvgIpc) is 3.73. The van der Waals surface area contributed by atoms with Crippen LogP contribution in [-0.4, -0.2) is 88.9 Å². The molecular weight excluding hydrogens is 741 g/mol. The largest absolute Gasteiger partial charge is 0.498 e. The molecule has 0 aliphatic carbocycles. The van der Waals surface area contributed by atoms with Crippen molar-refractivity contribution in [3.05, 3.63) is 89.0 Å². The molecule has 2 saturated heterocycles. The lowest BCUT2D eigenvalue weighted by Crippen LogP contribution is -2.52.